The second-order valence-corrected chi connectivity index (χ2v) is 7.22. The average molecular weight is 300 g/mol. The molecule has 1 atom stereocenters. The molecule has 0 saturated heterocycles. The van der Waals surface area contributed by atoms with Crippen molar-refractivity contribution < 1.29 is 0 Å². The summed E-state index contributed by atoms with van der Waals surface area (Å²) >= 11 is 2.15. The van der Waals surface area contributed by atoms with Crippen molar-refractivity contribution in [3.8, 4) is 0 Å². The molecule has 1 aliphatic carbocycles. The summed E-state index contributed by atoms with van der Waals surface area (Å²) < 4.78 is 0. The first-order valence-electron chi connectivity index (χ1n) is 8.00. The first-order chi connectivity index (χ1) is 10.4. The van der Waals surface area contributed by atoms with Crippen molar-refractivity contribution in [3.63, 3.8) is 0 Å². The minimum atomic E-state index is 0.420. The monoisotopic (exact) mass is 300 g/mol. The minimum absolute atomic E-state index is 0.420. The van der Waals surface area contributed by atoms with Crippen LogP contribution in [0.25, 0.3) is 10.9 Å². The van der Waals surface area contributed by atoms with Crippen LogP contribution < -0.4 is 5.32 Å². The summed E-state index contributed by atoms with van der Waals surface area (Å²) in [4.78, 5) is 4.47. The van der Waals surface area contributed by atoms with Crippen molar-refractivity contribution in [3.05, 3.63) is 42.1 Å². The van der Waals surface area contributed by atoms with Crippen LogP contribution in [0.4, 0.5) is 0 Å². The zero-order chi connectivity index (χ0) is 14.5. The molecule has 1 N–H and O–H groups in total. The third-order valence-electron chi connectivity index (χ3n) is 4.43. The largest absolute Gasteiger partial charge is 0.312 e. The Morgan fingerprint density at radius 3 is 2.90 bits per heavy atom. The number of thioether (sulfide) groups is 1. The molecule has 1 aromatic heterocycles. The van der Waals surface area contributed by atoms with Gasteiger partial charge in [0.15, 0.2) is 0 Å². The number of nitrogens with one attached hydrogen (secondary N) is 1. The van der Waals surface area contributed by atoms with Crippen LogP contribution in [0.3, 0.4) is 0 Å². The van der Waals surface area contributed by atoms with Gasteiger partial charge in [-0.2, -0.15) is 11.8 Å². The van der Waals surface area contributed by atoms with Crippen LogP contribution in [0.5, 0.6) is 0 Å². The fraction of sp³-hybridized carbons (Fsp3) is 0.500. The lowest BCUT2D eigenvalue weighted by atomic mass is 10.0. The lowest BCUT2D eigenvalue weighted by Crippen LogP contribution is -2.21. The van der Waals surface area contributed by atoms with Crippen molar-refractivity contribution in [2.24, 2.45) is 0 Å². The molecule has 0 aliphatic heterocycles. The van der Waals surface area contributed by atoms with Gasteiger partial charge in [-0.1, -0.05) is 37.5 Å². The molecule has 1 aliphatic rings. The number of hydrogen-bond acceptors (Lipinski definition) is 3. The van der Waals surface area contributed by atoms with E-state index in [-0.39, 0.29) is 0 Å². The third kappa shape index (κ3) is 3.78. The second kappa shape index (κ2) is 7.28. The predicted octanol–water partition coefficient (Wildman–Crippen LogP) is 4.56. The Morgan fingerprint density at radius 2 is 2.10 bits per heavy atom. The van der Waals surface area contributed by atoms with Crippen molar-refractivity contribution in [2.45, 2.75) is 43.4 Å². The lowest BCUT2D eigenvalue weighted by molar-refractivity contribution is 0.515. The maximum absolute atomic E-state index is 4.47. The molecule has 0 radical (unpaired) electrons. The summed E-state index contributed by atoms with van der Waals surface area (Å²) in [5.74, 6) is 1.15. The van der Waals surface area contributed by atoms with Gasteiger partial charge in [-0.25, -0.2) is 0 Å². The number of hydrogen-bond donors (Lipinski definition) is 1. The molecule has 0 spiro atoms. The normalized spacial score (nSPS) is 18.0. The zero-order valence-electron chi connectivity index (χ0n) is 12.7. The van der Waals surface area contributed by atoms with Crippen LogP contribution in [-0.4, -0.2) is 23.0 Å². The van der Waals surface area contributed by atoms with E-state index < -0.39 is 0 Å². The number of benzene rings is 1. The van der Waals surface area contributed by atoms with Crippen LogP contribution in [0.15, 0.2) is 36.5 Å². The van der Waals surface area contributed by atoms with Crippen molar-refractivity contribution in [1.29, 1.82) is 0 Å². The Kier molecular flexibility index (Phi) is 5.15. The highest BCUT2D eigenvalue weighted by atomic mass is 32.2. The average Bonchev–Trinajstić information content (AvgIpc) is 2.56. The Balaban J connectivity index is 1.68. The fourth-order valence-corrected chi connectivity index (χ4v) is 4.60. The van der Waals surface area contributed by atoms with Gasteiger partial charge in [-0.05, 0) is 37.6 Å². The molecular weight excluding hydrogens is 276 g/mol. The number of aromatic nitrogens is 1. The highest BCUT2D eigenvalue weighted by Crippen LogP contribution is 2.31. The Hall–Kier alpha value is -1.06. The van der Waals surface area contributed by atoms with Crippen LogP contribution in [0, 0.1) is 0 Å². The molecule has 1 saturated carbocycles. The summed E-state index contributed by atoms with van der Waals surface area (Å²) in [6.45, 7) is 0. The quantitative estimate of drug-likeness (QED) is 0.876. The number of pyridine rings is 1. The molecule has 1 fully saturated rings. The van der Waals surface area contributed by atoms with Gasteiger partial charge in [-0.15, -0.1) is 0 Å². The Labute approximate surface area is 131 Å². The molecule has 112 valence electrons. The number of fused-ring (bicyclic) bond motifs is 1. The van der Waals surface area contributed by atoms with E-state index in [1.54, 1.807) is 0 Å². The smallest absolute Gasteiger partial charge is 0.0705 e. The maximum Gasteiger partial charge on any atom is 0.0705 e. The van der Waals surface area contributed by atoms with E-state index in [4.69, 9.17) is 0 Å². The molecule has 3 rings (SSSR count). The molecule has 2 aromatic rings. The van der Waals surface area contributed by atoms with Gasteiger partial charge in [0.25, 0.3) is 0 Å². The lowest BCUT2D eigenvalue weighted by Gasteiger charge is -2.24. The molecule has 0 amide bonds. The van der Waals surface area contributed by atoms with Crippen LogP contribution in [0.2, 0.25) is 0 Å². The highest BCUT2D eigenvalue weighted by Gasteiger charge is 2.17. The first kappa shape index (κ1) is 14.9. The molecule has 2 nitrogen and oxygen atoms in total. The van der Waals surface area contributed by atoms with Gasteiger partial charge in [0, 0.05) is 28.6 Å². The van der Waals surface area contributed by atoms with Gasteiger partial charge in [0.2, 0.25) is 0 Å². The van der Waals surface area contributed by atoms with Gasteiger partial charge >= 0.3 is 0 Å². The van der Waals surface area contributed by atoms with E-state index in [0.717, 1.165) is 16.5 Å². The standard InChI is InChI=1S/C18H24N2S/c1-19-18(13-21-16-7-3-2-4-8-16)15-10-9-14-6-5-11-20-17(14)12-15/h5-6,9-12,16,18-19H,2-4,7-8,13H2,1H3. The fourth-order valence-electron chi connectivity index (χ4n) is 3.11. The summed E-state index contributed by atoms with van der Waals surface area (Å²) in [6, 6.07) is 11.2. The van der Waals surface area contributed by atoms with E-state index >= 15 is 0 Å². The van der Waals surface area contributed by atoms with Crippen LogP contribution in [0.1, 0.15) is 43.7 Å². The molecule has 0 bridgehead atoms. The number of rotatable bonds is 5. The maximum atomic E-state index is 4.47. The van der Waals surface area contributed by atoms with Gasteiger partial charge < -0.3 is 5.32 Å². The summed E-state index contributed by atoms with van der Waals surface area (Å²) in [7, 11) is 2.06. The third-order valence-corrected chi connectivity index (χ3v) is 5.90. The van der Waals surface area contributed by atoms with Crippen molar-refractivity contribution >= 4 is 22.7 Å². The topological polar surface area (TPSA) is 24.9 Å². The predicted molar refractivity (Wildman–Crippen MR) is 92.9 cm³/mol. The van der Waals surface area contributed by atoms with Crippen LogP contribution in [-0.2, 0) is 0 Å². The molecular formula is C18H24N2S. The SMILES string of the molecule is CNC(CSC1CCCCC1)c1ccc2cccnc2c1. The molecule has 21 heavy (non-hydrogen) atoms. The minimum Gasteiger partial charge on any atom is -0.312 e. The van der Waals surface area contributed by atoms with E-state index in [9.17, 15) is 0 Å². The van der Waals surface area contributed by atoms with Crippen LogP contribution >= 0.6 is 11.8 Å². The molecule has 3 heteroatoms. The van der Waals surface area contributed by atoms with Gasteiger partial charge in [0.1, 0.15) is 0 Å². The van der Waals surface area contributed by atoms with Gasteiger partial charge in [-0.3, -0.25) is 4.98 Å². The van der Waals surface area contributed by atoms with E-state index in [0.29, 0.717) is 6.04 Å². The summed E-state index contributed by atoms with van der Waals surface area (Å²) in [6.07, 6.45) is 8.95. The Morgan fingerprint density at radius 1 is 1.24 bits per heavy atom. The van der Waals surface area contributed by atoms with Crippen molar-refractivity contribution in [2.75, 3.05) is 12.8 Å². The van der Waals surface area contributed by atoms with E-state index in [1.165, 1.54) is 43.1 Å². The first-order valence-corrected chi connectivity index (χ1v) is 9.05. The van der Waals surface area contributed by atoms with E-state index in [1.807, 2.05) is 12.3 Å². The zero-order valence-corrected chi connectivity index (χ0v) is 13.5. The number of nitrogens with zero attached hydrogens (tertiary/aromatic N) is 1. The van der Waals surface area contributed by atoms with Crippen molar-refractivity contribution in [1.82, 2.24) is 10.3 Å². The molecule has 1 unspecified atom stereocenters. The highest BCUT2D eigenvalue weighted by molar-refractivity contribution is 7.99. The summed E-state index contributed by atoms with van der Waals surface area (Å²) in [5.41, 5.74) is 2.45. The summed E-state index contributed by atoms with van der Waals surface area (Å²) in [5, 5.41) is 5.56. The second-order valence-electron chi connectivity index (χ2n) is 5.89. The van der Waals surface area contributed by atoms with E-state index in [2.05, 4.69) is 53.4 Å². The molecule has 1 heterocycles. The Bertz CT molecular complexity index is 578. The molecule has 1 aromatic carbocycles. The van der Waals surface area contributed by atoms with Gasteiger partial charge in [0.05, 0.1) is 5.52 Å².